The summed E-state index contributed by atoms with van der Waals surface area (Å²) in [5.74, 6) is -2.24. The molecule has 0 saturated carbocycles. The van der Waals surface area contributed by atoms with Gasteiger partial charge in [0.25, 0.3) is 0 Å². The van der Waals surface area contributed by atoms with E-state index in [4.69, 9.17) is 28.4 Å². The largest absolute Gasteiger partial charge is 0.490 e. The van der Waals surface area contributed by atoms with Gasteiger partial charge < -0.3 is 33.5 Å². The maximum atomic E-state index is 12.3. The number of hydrogen-bond donors (Lipinski definition) is 1. The molecule has 0 aliphatic heterocycles. The number of esters is 1. The molecule has 0 radical (unpaired) electrons. The molecule has 4 atom stereocenters. The van der Waals surface area contributed by atoms with Crippen LogP contribution in [-0.4, -0.2) is 61.8 Å². The highest BCUT2D eigenvalue weighted by atomic mass is 16.6. The van der Waals surface area contributed by atoms with Gasteiger partial charge in [0, 0.05) is 7.11 Å². The second-order valence-corrected chi connectivity index (χ2v) is 4.48. The second kappa shape index (κ2) is 13.4. The zero-order chi connectivity index (χ0) is 19.9. The molecule has 0 spiro atoms. The van der Waals surface area contributed by atoms with E-state index < -0.39 is 36.4 Å². The standard InChI is InChI=1S/C17H24O9/c1-6-22-12(14(16(18)19)24-8-3)13(23-7-2)15(25-9-4)17(20)26-11-10-21-5/h6-9,12-15H,1-4,10-11H2,5H3,(H,18,19). The van der Waals surface area contributed by atoms with Gasteiger partial charge in [-0.25, -0.2) is 9.59 Å². The van der Waals surface area contributed by atoms with Gasteiger partial charge in [0.1, 0.15) is 6.61 Å². The molecule has 146 valence electrons. The lowest BCUT2D eigenvalue weighted by Gasteiger charge is -2.32. The molecule has 0 fully saturated rings. The van der Waals surface area contributed by atoms with Crippen LogP contribution in [0.2, 0.25) is 0 Å². The van der Waals surface area contributed by atoms with Crippen molar-refractivity contribution in [3.05, 3.63) is 51.4 Å². The van der Waals surface area contributed by atoms with E-state index in [0.29, 0.717) is 0 Å². The van der Waals surface area contributed by atoms with Gasteiger partial charge in [-0.1, -0.05) is 26.3 Å². The quantitative estimate of drug-likeness (QED) is 0.244. The highest BCUT2D eigenvalue weighted by Crippen LogP contribution is 2.20. The van der Waals surface area contributed by atoms with Crippen LogP contribution in [-0.2, 0) is 38.0 Å². The average molecular weight is 372 g/mol. The van der Waals surface area contributed by atoms with Crippen molar-refractivity contribution in [2.24, 2.45) is 0 Å². The molecule has 0 saturated heterocycles. The second-order valence-electron chi connectivity index (χ2n) is 4.48. The highest BCUT2D eigenvalue weighted by Gasteiger charge is 2.46. The minimum absolute atomic E-state index is 0.0500. The summed E-state index contributed by atoms with van der Waals surface area (Å²) in [5, 5.41) is 9.38. The predicted molar refractivity (Wildman–Crippen MR) is 90.8 cm³/mol. The number of aliphatic carboxylic acids is 1. The average Bonchev–Trinajstić information content (AvgIpc) is 2.61. The van der Waals surface area contributed by atoms with Crippen molar-refractivity contribution in [2.45, 2.75) is 24.4 Å². The number of carboxylic acids is 1. The molecule has 0 aromatic heterocycles. The summed E-state index contributed by atoms with van der Waals surface area (Å²) in [4.78, 5) is 23.8. The van der Waals surface area contributed by atoms with E-state index in [-0.39, 0.29) is 13.2 Å². The van der Waals surface area contributed by atoms with Crippen LogP contribution < -0.4 is 0 Å². The summed E-state index contributed by atoms with van der Waals surface area (Å²) in [6.45, 7) is 13.6. The van der Waals surface area contributed by atoms with Gasteiger partial charge in [-0.2, -0.15) is 0 Å². The van der Waals surface area contributed by atoms with Crippen molar-refractivity contribution in [1.82, 2.24) is 0 Å². The number of ether oxygens (including phenoxy) is 6. The first-order valence-corrected chi connectivity index (χ1v) is 7.42. The Morgan fingerprint density at radius 1 is 0.846 bits per heavy atom. The molecular weight excluding hydrogens is 348 g/mol. The summed E-state index contributed by atoms with van der Waals surface area (Å²) in [6.07, 6.45) is -1.81. The Morgan fingerprint density at radius 3 is 1.73 bits per heavy atom. The maximum Gasteiger partial charge on any atom is 0.351 e. The maximum absolute atomic E-state index is 12.3. The third kappa shape index (κ3) is 7.31. The lowest BCUT2D eigenvalue weighted by molar-refractivity contribution is -0.179. The van der Waals surface area contributed by atoms with Gasteiger partial charge in [-0.15, -0.1) is 0 Å². The van der Waals surface area contributed by atoms with Crippen LogP contribution in [0.4, 0.5) is 0 Å². The fraction of sp³-hybridized carbons (Fsp3) is 0.412. The van der Waals surface area contributed by atoms with E-state index in [1.54, 1.807) is 0 Å². The fourth-order valence-electron chi connectivity index (χ4n) is 1.92. The number of methoxy groups -OCH3 is 1. The Balaban J connectivity index is 5.74. The first-order valence-electron chi connectivity index (χ1n) is 7.42. The van der Waals surface area contributed by atoms with Crippen LogP contribution in [0.25, 0.3) is 0 Å². The van der Waals surface area contributed by atoms with Gasteiger partial charge in [-0.3, -0.25) is 0 Å². The van der Waals surface area contributed by atoms with E-state index in [0.717, 1.165) is 25.0 Å². The molecule has 9 nitrogen and oxygen atoms in total. The molecule has 0 aromatic carbocycles. The molecule has 26 heavy (non-hydrogen) atoms. The minimum Gasteiger partial charge on any atom is -0.490 e. The third-order valence-electron chi connectivity index (χ3n) is 2.92. The lowest BCUT2D eigenvalue weighted by Crippen LogP contribution is -2.53. The molecule has 4 unspecified atom stereocenters. The molecule has 1 N–H and O–H groups in total. The van der Waals surface area contributed by atoms with Crippen molar-refractivity contribution >= 4 is 11.9 Å². The van der Waals surface area contributed by atoms with Crippen molar-refractivity contribution in [3.8, 4) is 0 Å². The van der Waals surface area contributed by atoms with Crippen molar-refractivity contribution in [1.29, 1.82) is 0 Å². The number of carboxylic acid groups (broad SMARTS) is 1. The summed E-state index contributed by atoms with van der Waals surface area (Å²) >= 11 is 0. The Labute approximate surface area is 152 Å². The van der Waals surface area contributed by atoms with Crippen LogP contribution in [0.5, 0.6) is 0 Å². The number of carbonyl (C=O) groups excluding carboxylic acids is 1. The van der Waals surface area contributed by atoms with Crippen LogP contribution in [0.1, 0.15) is 0 Å². The first kappa shape index (κ1) is 23.1. The normalized spacial score (nSPS) is 14.5. The van der Waals surface area contributed by atoms with E-state index in [1.807, 2.05) is 0 Å². The van der Waals surface area contributed by atoms with Crippen molar-refractivity contribution in [3.63, 3.8) is 0 Å². The molecule has 0 aliphatic rings. The molecule has 9 heteroatoms. The summed E-state index contributed by atoms with van der Waals surface area (Å²) in [6, 6.07) is 0. The first-order chi connectivity index (χ1) is 12.5. The van der Waals surface area contributed by atoms with Gasteiger partial charge in [0.15, 0.2) is 12.2 Å². The van der Waals surface area contributed by atoms with Gasteiger partial charge in [0.05, 0.1) is 31.7 Å². The van der Waals surface area contributed by atoms with Crippen molar-refractivity contribution in [2.75, 3.05) is 20.3 Å². The third-order valence-corrected chi connectivity index (χ3v) is 2.92. The molecule has 0 heterocycles. The zero-order valence-corrected chi connectivity index (χ0v) is 14.6. The minimum atomic E-state index is -1.59. The van der Waals surface area contributed by atoms with Gasteiger partial charge in [-0.05, 0) is 0 Å². The Kier molecular flexibility index (Phi) is 11.9. The predicted octanol–water partition coefficient (Wildman–Crippen LogP) is 1.38. The summed E-state index contributed by atoms with van der Waals surface area (Å²) < 4.78 is 30.5. The summed E-state index contributed by atoms with van der Waals surface area (Å²) in [5.41, 5.74) is 0. The monoisotopic (exact) mass is 372 g/mol. The topological polar surface area (TPSA) is 110 Å². The Bertz CT molecular complexity index is 489. The Morgan fingerprint density at radius 2 is 1.31 bits per heavy atom. The lowest BCUT2D eigenvalue weighted by atomic mass is 10.0. The zero-order valence-electron chi connectivity index (χ0n) is 14.6. The van der Waals surface area contributed by atoms with E-state index in [1.165, 1.54) is 7.11 Å². The molecule has 0 aliphatic carbocycles. The molecule has 0 aromatic rings. The SMILES string of the molecule is C=COC(C(=O)O)C(OC=C)C(OC=C)C(OC=C)C(=O)OCCOC. The van der Waals surface area contributed by atoms with E-state index in [2.05, 4.69) is 26.3 Å². The van der Waals surface area contributed by atoms with Crippen LogP contribution in [0.15, 0.2) is 51.4 Å². The fourth-order valence-corrected chi connectivity index (χ4v) is 1.92. The summed E-state index contributed by atoms with van der Waals surface area (Å²) in [7, 11) is 1.44. The Hall–Kier alpha value is -2.94. The number of carbonyl (C=O) groups is 2. The van der Waals surface area contributed by atoms with Crippen LogP contribution in [0, 0.1) is 0 Å². The van der Waals surface area contributed by atoms with Gasteiger partial charge in [0.2, 0.25) is 12.2 Å². The van der Waals surface area contributed by atoms with Gasteiger partial charge >= 0.3 is 11.9 Å². The van der Waals surface area contributed by atoms with Crippen LogP contribution in [0.3, 0.4) is 0 Å². The van der Waals surface area contributed by atoms with E-state index in [9.17, 15) is 14.7 Å². The molecule has 0 bridgehead atoms. The number of rotatable bonds is 16. The molecule has 0 amide bonds. The molecule has 0 rings (SSSR count). The number of hydrogen-bond acceptors (Lipinski definition) is 8. The van der Waals surface area contributed by atoms with E-state index >= 15 is 0 Å². The van der Waals surface area contributed by atoms with Crippen LogP contribution >= 0.6 is 0 Å². The molecular formula is C17H24O9. The highest BCUT2D eigenvalue weighted by molar-refractivity contribution is 5.77. The smallest absolute Gasteiger partial charge is 0.351 e. The van der Waals surface area contributed by atoms with Crippen molar-refractivity contribution < 1.29 is 43.1 Å².